The zero-order chi connectivity index (χ0) is 14.7. The predicted molar refractivity (Wildman–Crippen MR) is 85.3 cm³/mol. The van der Waals surface area contributed by atoms with E-state index in [-0.39, 0.29) is 6.61 Å². The van der Waals surface area contributed by atoms with Crippen LogP contribution in [0.1, 0.15) is 5.56 Å². The third-order valence-corrected chi connectivity index (χ3v) is 3.78. The van der Waals surface area contributed by atoms with Crippen molar-refractivity contribution in [2.24, 2.45) is 0 Å². The first-order valence-electron chi connectivity index (χ1n) is 6.70. The van der Waals surface area contributed by atoms with Crippen LogP contribution in [0.2, 0.25) is 0 Å². The van der Waals surface area contributed by atoms with Crippen molar-refractivity contribution in [1.82, 2.24) is 9.55 Å². The Morgan fingerprint density at radius 2 is 2.14 bits per heavy atom. The molecule has 0 aliphatic carbocycles. The predicted octanol–water partition coefficient (Wildman–Crippen LogP) is 3.37. The molecule has 0 amide bonds. The van der Waals surface area contributed by atoms with Crippen LogP contribution < -0.4 is 4.74 Å². The van der Waals surface area contributed by atoms with E-state index in [0.717, 1.165) is 26.8 Å². The highest BCUT2D eigenvalue weighted by Gasteiger charge is 2.08. The van der Waals surface area contributed by atoms with Crippen molar-refractivity contribution in [1.29, 1.82) is 0 Å². The van der Waals surface area contributed by atoms with E-state index in [1.54, 1.807) is 6.20 Å². The van der Waals surface area contributed by atoms with Gasteiger partial charge in [0.25, 0.3) is 0 Å². The van der Waals surface area contributed by atoms with Gasteiger partial charge in [0, 0.05) is 27.8 Å². The molecule has 0 radical (unpaired) electrons. The fourth-order valence-corrected chi connectivity index (χ4v) is 2.69. The van der Waals surface area contributed by atoms with E-state index in [1.165, 1.54) is 0 Å². The van der Waals surface area contributed by atoms with Crippen molar-refractivity contribution in [2.45, 2.75) is 13.2 Å². The molecule has 0 unspecified atom stereocenters. The van der Waals surface area contributed by atoms with Crippen LogP contribution in [0.4, 0.5) is 0 Å². The second kappa shape index (κ2) is 6.28. The highest BCUT2D eigenvalue weighted by atomic mass is 79.9. The highest BCUT2D eigenvalue weighted by Crippen LogP contribution is 2.20. The van der Waals surface area contributed by atoms with Crippen molar-refractivity contribution in [3.63, 3.8) is 0 Å². The van der Waals surface area contributed by atoms with Crippen molar-refractivity contribution in [3.8, 4) is 5.75 Å². The Morgan fingerprint density at radius 3 is 2.95 bits per heavy atom. The maximum Gasteiger partial charge on any atom is 0.140 e. The molecule has 5 heteroatoms. The number of ether oxygens (including phenoxy) is 1. The van der Waals surface area contributed by atoms with Gasteiger partial charge < -0.3 is 14.4 Å². The quantitative estimate of drug-likeness (QED) is 0.770. The third kappa shape index (κ3) is 3.09. The molecule has 0 aliphatic heterocycles. The van der Waals surface area contributed by atoms with Crippen molar-refractivity contribution in [2.75, 3.05) is 6.61 Å². The molecule has 3 aromatic rings. The number of hydrogen-bond acceptors (Lipinski definition) is 3. The first-order chi connectivity index (χ1) is 10.3. The molecule has 0 spiro atoms. The van der Waals surface area contributed by atoms with Crippen molar-refractivity contribution >= 4 is 27.0 Å². The fourth-order valence-electron chi connectivity index (χ4n) is 2.31. The van der Waals surface area contributed by atoms with Gasteiger partial charge >= 0.3 is 0 Å². The number of halogens is 1. The summed E-state index contributed by atoms with van der Waals surface area (Å²) in [6, 6.07) is 11.6. The van der Waals surface area contributed by atoms with Gasteiger partial charge in [0.05, 0.1) is 13.2 Å². The zero-order valence-corrected chi connectivity index (χ0v) is 13.0. The van der Waals surface area contributed by atoms with Crippen LogP contribution in [0.15, 0.2) is 53.3 Å². The van der Waals surface area contributed by atoms with E-state index < -0.39 is 0 Å². The number of aromatic nitrogens is 2. The number of rotatable bonds is 5. The molecule has 3 rings (SSSR count). The van der Waals surface area contributed by atoms with Gasteiger partial charge in [-0.1, -0.05) is 22.0 Å². The summed E-state index contributed by atoms with van der Waals surface area (Å²) in [7, 11) is 0. The van der Waals surface area contributed by atoms with Crippen molar-refractivity contribution in [3.05, 3.63) is 58.8 Å². The SMILES string of the molecule is OCc1cn(CCOc2cccc(Br)c2)c2ncccc12. The van der Waals surface area contributed by atoms with E-state index in [0.29, 0.717) is 13.2 Å². The molecule has 0 bridgehead atoms. The van der Waals surface area contributed by atoms with Gasteiger partial charge in [-0.05, 0) is 30.3 Å². The Balaban J connectivity index is 1.73. The molecule has 0 aliphatic rings. The number of nitrogens with zero attached hydrogens (tertiary/aromatic N) is 2. The summed E-state index contributed by atoms with van der Waals surface area (Å²) in [5.74, 6) is 0.830. The Bertz CT molecular complexity index is 755. The number of aliphatic hydroxyl groups excluding tert-OH is 1. The average Bonchev–Trinajstić information content (AvgIpc) is 2.86. The summed E-state index contributed by atoms with van der Waals surface area (Å²) in [6.07, 6.45) is 3.69. The van der Waals surface area contributed by atoms with Gasteiger partial charge in [-0.2, -0.15) is 0 Å². The third-order valence-electron chi connectivity index (χ3n) is 3.28. The molecular weight excluding hydrogens is 332 g/mol. The Morgan fingerprint density at radius 1 is 1.24 bits per heavy atom. The number of benzene rings is 1. The number of hydrogen-bond donors (Lipinski definition) is 1. The topological polar surface area (TPSA) is 47.3 Å². The number of aliphatic hydroxyl groups is 1. The molecule has 2 heterocycles. The molecule has 0 fully saturated rings. The summed E-state index contributed by atoms with van der Waals surface area (Å²) in [6.45, 7) is 1.24. The molecular formula is C16H15BrN2O2. The van der Waals surface area contributed by atoms with Gasteiger partial charge in [0.2, 0.25) is 0 Å². The molecule has 2 aromatic heterocycles. The summed E-state index contributed by atoms with van der Waals surface area (Å²) >= 11 is 3.42. The van der Waals surface area contributed by atoms with Gasteiger partial charge in [-0.15, -0.1) is 0 Å². The lowest BCUT2D eigenvalue weighted by atomic mass is 10.2. The lowest BCUT2D eigenvalue weighted by Crippen LogP contribution is -2.07. The molecule has 1 N–H and O–H groups in total. The lowest BCUT2D eigenvalue weighted by molar-refractivity contribution is 0.281. The minimum absolute atomic E-state index is 0.0156. The highest BCUT2D eigenvalue weighted by molar-refractivity contribution is 9.10. The Hall–Kier alpha value is -1.85. The van der Waals surface area contributed by atoms with Crippen LogP contribution in [0.5, 0.6) is 5.75 Å². The van der Waals surface area contributed by atoms with E-state index in [2.05, 4.69) is 20.9 Å². The standard InChI is InChI=1S/C16H15BrN2O2/c17-13-3-1-4-14(9-13)21-8-7-19-10-12(11-20)15-5-2-6-18-16(15)19/h1-6,9-10,20H,7-8,11H2. The fraction of sp³-hybridized carbons (Fsp3) is 0.188. The van der Waals surface area contributed by atoms with Crippen LogP contribution in [0.3, 0.4) is 0 Å². The van der Waals surface area contributed by atoms with E-state index in [1.807, 2.05) is 47.2 Å². The molecule has 108 valence electrons. The van der Waals surface area contributed by atoms with E-state index >= 15 is 0 Å². The molecule has 21 heavy (non-hydrogen) atoms. The average molecular weight is 347 g/mol. The smallest absolute Gasteiger partial charge is 0.140 e. The summed E-state index contributed by atoms with van der Waals surface area (Å²) in [5, 5.41) is 10.4. The lowest BCUT2D eigenvalue weighted by Gasteiger charge is -2.08. The molecule has 1 aromatic carbocycles. The first-order valence-corrected chi connectivity index (χ1v) is 7.49. The maximum atomic E-state index is 9.41. The molecule has 4 nitrogen and oxygen atoms in total. The van der Waals surface area contributed by atoms with Crippen LogP contribution in [-0.2, 0) is 13.2 Å². The summed E-state index contributed by atoms with van der Waals surface area (Å²) < 4.78 is 8.75. The zero-order valence-electron chi connectivity index (χ0n) is 11.4. The van der Waals surface area contributed by atoms with Gasteiger partial charge in [-0.25, -0.2) is 4.98 Å². The Labute approximate surface area is 131 Å². The minimum atomic E-state index is 0.0156. The second-order valence-corrected chi connectivity index (χ2v) is 5.60. The first kappa shape index (κ1) is 14.1. The molecule has 0 saturated heterocycles. The second-order valence-electron chi connectivity index (χ2n) is 4.69. The van der Waals surface area contributed by atoms with Gasteiger partial charge in [0.1, 0.15) is 18.0 Å². The van der Waals surface area contributed by atoms with Crippen LogP contribution in [-0.4, -0.2) is 21.3 Å². The number of fused-ring (bicyclic) bond motifs is 1. The van der Waals surface area contributed by atoms with Crippen LogP contribution in [0.25, 0.3) is 11.0 Å². The molecule has 0 saturated carbocycles. The van der Waals surface area contributed by atoms with E-state index in [4.69, 9.17) is 4.74 Å². The monoisotopic (exact) mass is 346 g/mol. The maximum absolute atomic E-state index is 9.41. The number of pyridine rings is 1. The van der Waals surface area contributed by atoms with Gasteiger partial charge in [-0.3, -0.25) is 0 Å². The largest absolute Gasteiger partial charge is 0.492 e. The summed E-state index contributed by atoms with van der Waals surface area (Å²) in [5.41, 5.74) is 1.76. The minimum Gasteiger partial charge on any atom is -0.492 e. The van der Waals surface area contributed by atoms with Crippen LogP contribution >= 0.6 is 15.9 Å². The summed E-state index contributed by atoms with van der Waals surface area (Å²) in [4.78, 5) is 4.38. The van der Waals surface area contributed by atoms with E-state index in [9.17, 15) is 5.11 Å². The van der Waals surface area contributed by atoms with Crippen LogP contribution in [0, 0.1) is 0 Å². The molecule has 0 atom stereocenters. The van der Waals surface area contributed by atoms with Gasteiger partial charge in [0.15, 0.2) is 0 Å². The van der Waals surface area contributed by atoms with Crippen molar-refractivity contribution < 1.29 is 9.84 Å². The normalized spacial score (nSPS) is 11.0. The Kier molecular flexibility index (Phi) is 4.22.